The molecule has 4 heterocycles. The Balaban J connectivity index is 1.32. The summed E-state index contributed by atoms with van der Waals surface area (Å²) < 4.78 is 17.9. The number of ether oxygens (including phenoxy) is 3. The number of likely N-dealkylation sites (tertiary alicyclic amines) is 1. The number of fused-ring (bicyclic) bond motifs is 2. The average Bonchev–Trinajstić information content (AvgIpc) is 3.41. The Morgan fingerprint density at radius 3 is 2.47 bits per heavy atom. The van der Waals surface area contributed by atoms with Gasteiger partial charge >= 0.3 is 6.09 Å². The number of anilines is 1. The number of hydrogen-bond donors (Lipinski definition) is 1. The molecule has 1 aromatic rings. The molecule has 3 aliphatic heterocycles. The van der Waals surface area contributed by atoms with Crippen molar-refractivity contribution in [2.24, 2.45) is 11.1 Å². The van der Waals surface area contributed by atoms with E-state index in [1.165, 1.54) is 0 Å². The van der Waals surface area contributed by atoms with Gasteiger partial charge in [-0.1, -0.05) is 6.42 Å². The number of rotatable bonds is 5. The molecule has 5 aliphatic rings. The van der Waals surface area contributed by atoms with Crippen LogP contribution in [0.1, 0.15) is 84.4 Å². The van der Waals surface area contributed by atoms with E-state index in [9.17, 15) is 14.4 Å². The normalized spacial score (nSPS) is 30.5. The van der Waals surface area contributed by atoms with Crippen molar-refractivity contribution in [2.45, 2.75) is 102 Å². The van der Waals surface area contributed by atoms with Crippen molar-refractivity contribution in [3.8, 4) is 5.88 Å². The fourth-order valence-electron chi connectivity index (χ4n) is 7.67. The van der Waals surface area contributed by atoms with Crippen molar-refractivity contribution in [3.63, 3.8) is 0 Å². The standard InChI is InChI=1S/C33H48N6O6/c1-32(2,3)45-31(42)39-22-16-38(17-23(39)19-43-18-22)26-15-27(44-20-21-9-8-14-37(21)4)36-30(35-26)28(34)24-10-7-13-33(29(24)41)12-6-5-11-25(33)40/h15,21-23H,5-14,16-20,34H2,1-4H3/b28-24-/t21-,22?,23?,33+/m0/s1. The first-order valence-electron chi connectivity index (χ1n) is 16.6. The van der Waals surface area contributed by atoms with Crippen molar-refractivity contribution in [3.05, 3.63) is 17.5 Å². The third kappa shape index (κ3) is 6.40. The number of nitrogens with two attached hydrogens (primary N) is 1. The Kier molecular flexibility index (Phi) is 8.82. The predicted molar refractivity (Wildman–Crippen MR) is 168 cm³/mol. The van der Waals surface area contributed by atoms with E-state index >= 15 is 0 Å². The Hall–Kier alpha value is -3.25. The third-order valence-corrected chi connectivity index (χ3v) is 10.1. The van der Waals surface area contributed by atoms with E-state index in [4.69, 9.17) is 29.9 Å². The van der Waals surface area contributed by atoms with Crippen LogP contribution in [0.2, 0.25) is 0 Å². The maximum absolute atomic E-state index is 13.9. The van der Waals surface area contributed by atoms with Crippen LogP contribution in [0.15, 0.2) is 11.6 Å². The van der Waals surface area contributed by atoms with Gasteiger partial charge in [0.2, 0.25) is 5.88 Å². The molecule has 0 radical (unpaired) electrons. The van der Waals surface area contributed by atoms with Gasteiger partial charge in [-0.2, -0.15) is 4.98 Å². The summed E-state index contributed by atoms with van der Waals surface area (Å²) in [5, 5.41) is 0. The fourth-order valence-corrected chi connectivity index (χ4v) is 7.67. The molecule has 12 nitrogen and oxygen atoms in total. The van der Waals surface area contributed by atoms with Gasteiger partial charge in [0.1, 0.15) is 23.8 Å². The van der Waals surface area contributed by atoms with Crippen LogP contribution in [-0.2, 0) is 19.1 Å². The van der Waals surface area contributed by atoms with E-state index in [2.05, 4.69) is 16.8 Å². The molecule has 5 fully saturated rings. The Labute approximate surface area is 265 Å². The summed E-state index contributed by atoms with van der Waals surface area (Å²) in [6.07, 6.45) is 6.35. The highest BCUT2D eigenvalue weighted by molar-refractivity contribution is 6.17. The van der Waals surface area contributed by atoms with E-state index < -0.39 is 11.0 Å². The maximum atomic E-state index is 13.9. The topological polar surface area (TPSA) is 140 Å². The molecule has 45 heavy (non-hydrogen) atoms. The largest absolute Gasteiger partial charge is 0.476 e. The van der Waals surface area contributed by atoms with Crippen LogP contribution in [-0.4, -0.2) is 108 Å². The van der Waals surface area contributed by atoms with Crippen molar-refractivity contribution in [2.75, 3.05) is 51.4 Å². The SMILES string of the molecule is CN1CCC[C@H]1COc1cc(N2CC3COCC(C2)N3C(=O)OC(C)(C)C)nc(/C(N)=C2\CCC[C@@]3(CCCCC3=O)C2=O)n1. The molecular weight excluding hydrogens is 576 g/mol. The molecule has 246 valence electrons. The van der Waals surface area contributed by atoms with Gasteiger partial charge in [-0.3, -0.25) is 14.5 Å². The molecule has 4 atom stereocenters. The number of morpholine rings is 1. The number of Topliss-reactive ketones (excluding diaryl/α,β-unsaturated/α-hetero) is 2. The van der Waals surface area contributed by atoms with Gasteiger partial charge in [-0.05, 0) is 79.3 Å². The van der Waals surface area contributed by atoms with Gasteiger partial charge in [-0.15, -0.1) is 0 Å². The third-order valence-electron chi connectivity index (χ3n) is 10.1. The molecule has 6 rings (SSSR count). The molecule has 2 saturated carbocycles. The molecule has 2 unspecified atom stereocenters. The Morgan fingerprint density at radius 1 is 1.07 bits per heavy atom. The first-order chi connectivity index (χ1) is 21.4. The number of allylic oxidation sites excluding steroid dienone is 1. The smallest absolute Gasteiger partial charge is 0.411 e. The highest BCUT2D eigenvalue weighted by Gasteiger charge is 2.49. The van der Waals surface area contributed by atoms with Gasteiger partial charge < -0.3 is 29.7 Å². The number of amides is 1. The van der Waals surface area contributed by atoms with E-state index in [-0.39, 0.29) is 47.3 Å². The van der Waals surface area contributed by atoms with Crippen LogP contribution < -0.4 is 15.4 Å². The summed E-state index contributed by atoms with van der Waals surface area (Å²) in [7, 11) is 2.10. The molecule has 12 heteroatoms. The molecular formula is C33H48N6O6. The minimum Gasteiger partial charge on any atom is -0.476 e. The summed E-state index contributed by atoms with van der Waals surface area (Å²) in [6.45, 7) is 8.83. The zero-order valence-electron chi connectivity index (χ0n) is 27.2. The molecule has 1 spiro atoms. The van der Waals surface area contributed by atoms with Crippen LogP contribution >= 0.6 is 0 Å². The molecule has 1 aromatic heterocycles. The summed E-state index contributed by atoms with van der Waals surface area (Å²) >= 11 is 0. The highest BCUT2D eigenvalue weighted by atomic mass is 16.6. The van der Waals surface area contributed by atoms with Crippen molar-refractivity contribution in [1.82, 2.24) is 19.8 Å². The van der Waals surface area contributed by atoms with Gasteiger partial charge in [0, 0.05) is 37.2 Å². The minimum absolute atomic E-state index is 0.0414. The van der Waals surface area contributed by atoms with Gasteiger partial charge in [-0.25, -0.2) is 9.78 Å². The number of nitrogens with zero attached hydrogens (tertiary/aromatic N) is 5. The molecule has 3 saturated heterocycles. The number of likely N-dealkylation sites (N-methyl/N-ethyl adjacent to an activating group) is 1. The van der Waals surface area contributed by atoms with E-state index in [0.717, 1.165) is 38.6 Å². The summed E-state index contributed by atoms with van der Waals surface area (Å²) in [5.74, 6) is 1.13. The first kappa shape index (κ1) is 31.7. The van der Waals surface area contributed by atoms with Crippen LogP contribution in [0, 0.1) is 5.41 Å². The lowest BCUT2D eigenvalue weighted by molar-refractivity contribution is -0.143. The predicted octanol–water partition coefficient (Wildman–Crippen LogP) is 3.33. The van der Waals surface area contributed by atoms with E-state index in [1.807, 2.05) is 26.8 Å². The van der Waals surface area contributed by atoms with Crippen molar-refractivity contribution < 1.29 is 28.6 Å². The second-order valence-corrected chi connectivity index (χ2v) is 14.4. The van der Waals surface area contributed by atoms with Gasteiger partial charge in [0.25, 0.3) is 0 Å². The molecule has 2 N–H and O–H groups in total. The van der Waals surface area contributed by atoms with Crippen LogP contribution in [0.5, 0.6) is 5.88 Å². The molecule has 2 aliphatic carbocycles. The van der Waals surface area contributed by atoms with Gasteiger partial charge in [0.15, 0.2) is 11.6 Å². The number of ketones is 2. The van der Waals surface area contributed by atoms with Gasteiger partial charge in [0.05, 0.1) is 36.4 Å². The lowest BCUT2D eigenvalue weighted by atomic mass is 9.62. The van der Waals surface area contributed by atoms with Crippen LogP contribution in [0.3, 0.4) is 0 Å². The lowest BCUT2D eigenvalue weighted by Gasteiger charge is -2.49. The van der Waals surface area contributed by atoms with Crippen molar-refractivity contribution >= 4 is 29.2 Å². The summed E-state index contributed by atoms with van der Waals surface area (Å²) in [4.78, 5) is 56.0. The minimum atomic E-state index is -0.962. The van der Waals surface area contributed by atoms with Crippen LogP contribution in [0.4, 0.5) is 10.6 Å². The molecule has 1 amide bonds. The highest BCUT2D eigenvalue weighted by Crippen LogP contribution is 2.45. The second-order valence-electron chi connectivity index (χ2n) is 14.4. The zero-order valence-corrected chi connectivity index (χ0v) is 27.2. The fraction of sp³-hybridized carbons (Fsp3) is 0.727. The second kappa shape index (κ2) is 12.5. The molecule has 2 bridgehead atoms. The monoisotopic (exact) mass is 624 g/mol. The quantitative estimate of drug-likeness (QED) is 0.381. The Bertz CT molecular complexity index is 1340. The number of hydrogen-bond acceptors (Lipinski definition) is 11. The Morgan fingerprint density at radius 2 is 1.80 bits per heavy atom. The summed E-state index contributed by atoms with van der Waals surface area (Å²) in [5.41, 5.74) is 5.87. The van der Waals surface area contributed by atoms with E-state index in [1.54, 1.807) is 4.90 Å². The maximum Gasteiger partial charge on any atom is 0.411 e. The van der Waals surface area contributed by atoms with Crippen molar-refractivity contribution in [1.29, 1.82) is 0 Å². The van der Waals surface area contributed by atoms with Crippen LogP contribution in [0.25, 0.3) is 5.70 Å². The first-order valence-corrected chi connectivity index (χ1v) is 16.6. The number of aromatic nitrogens is 2. The average molecular weight is 625 g/mol. The lowest BCUT2D eigenvalue weighted by Crippen LogP contribution is -2.66. The number of carbonyl (C=O) groups excluding carboxylic acids is 3. The summed E-state index contributed by atoms with van der Waals surface area (Å²) in [6, 6.07) is 1.66. The van der Waals surface area contributed by atoms with E-state index in [0.29, 0.717) is 75.9 Å². The number of piperazine rings is 1. The molecule has 0 aromatic carbocycles. The zero-order chi connectivity index (χ0) is 31.9. The number of carbonyl (C=O) groups is 3.